The summed E-state index contributed by atoms with van der Waals surface area (Å²) in [5.41, 5.74) is 0. The van der Waals surface area contributed by atoms with E-state index in [0.29, 0.717) is 0 Å². The van der Waals surface area contributed by atoms with E-state index in [1.807, 2.05) is 0 Å². The van der Waals surface area contributed by atoms with Crippen molar-refractivity contribution >= 4 is 12.9 Å². The molecule has 0 aromatic heterocycles. The van der Waals surface area contributed by atoms with Crippen molar-refractivity contribution in [3.05, 3.63) is 0 Å². The van der Waals surface area contributed by atoms with Gasteiger partial charge in [0.1, 0.15) is 0 Å². The minimum absolute atomic E-state index is 0.182. The molecule has 1 saturated carbocycles. The van der Waals surface area contributed by atoms with Crippen LogP contribution in [0.5, 0.6) is 0 Å². The van der Waals surface area contributed by atoms with Gasteiger partial charge in [-0.25, -0.2) is 0 Å². The zero-order chi connectivity index (χ0) is 11.4. The average molecular weight is 329 g/mol. The zero-order valence-corrected chi connectivity index (χ0v) is 10.9. The van der Waals surface area contributed by atoms with Crippen molar-refractivity contribution in [1.82, 2.24) is 0 Å². The van der Waals surface area contributed by atoms with Gasteiger partial charge in [0.25, 0.3) is 0 Å². The third-order valence-corrected chi connectivity index (χ3v) is 3.25. The van der Waals surface area contributed by atoms with E-state index in [1.54, 1.807) is 0 Å². The quantitative estimate of drug-likeness (QED) is 0.514. The Labute approximate surface area is 110 Å². The van der Waals surface area contributed by atoms with E-state index in [-0.39, 0.29) is 1.12 Å². The summed E-state index contributed by atoms with van der Waals surface area (Å²) in [7, 11) is 0. The van der Waals surface area contributed by atoms with Crippen molar-refractivity contribution in [2.45, 2.75) is 33.2 Å². The first-order valence-electron chi connectivity index (χ1n) is 4.12. The number of carbonyl (C=O) groups excluding carboxylic acids is 2. The van der Waals surface area contributed by atoms with Crippen molar-refractivity contribution in [1.29, 1.82) is 0 Å². The van der Waals surface area contributed by atoms with Crippen molar-refractivity contribution in [3.8, 4) is 0 Å². The van der Waals surface area contributed by atoms with Crippen LogP contribution in [0, 0.1) is 39.6 Å². The number of carboxylic acid groups (broad SMARTS) is 2. The van der Waals surface area contributed by atoms with Gasteiger partial charge in [-0.3, -0.25) is 0 Å². The summed E-state index contributed by atoms with van der Waals surface area (Å²) in [5.74, 6) is 0. The second-order valence-corrected chi connectivity index (χ2v) is 5.71. The SMILES string of the molecule is O=C[O-].O=C[O-].O[C]1([Ce+2])CCCCC1. The summed E-state index contributed by atoms with van der Waals surface area (Å²) in [6.07, 6.45) is 5.98. The molecule has 1 aliphatic carbocycles. The minimum atomic E-state index is -0.500. The molecule has 1 rings (SSSR count). The van der Waals surface area contributed by atoms with Crippen LogP contribution in [0.1, 0.15) is 32.1 Å². The fourth-order valence-corrected chi connectivity index (χ4v) is 2.25. The number of rotatable bonds is 0. The van der Waals surface area contributed by atoms with Gasteiger partial charge in [0, 0.05) is 12.9 Å². The molecule has 0 saturated heterocycles. The van der Waals surface area contributed by atoms with Crippen LogP contribution in [0.15, 0.2) is 0 Å². The molecule has 0 heterocycles. The predicted octanol–water partition coefficient (Wildman–Crippen LogP) is -2.08. The summed E-state index contributed by atoms with van der Waals surface area (Å²) in [6, 6.07) is 0. The topological polar surface area (TPSA) is 100 Å². The molecule has 6 heteroatoms. The van der Waals surface area contributed by atoms with Crippen molar-refractivity contribution in [2.75, 3.05) is 0 Å². The van der Waals surface area contributed by atoms with Crippen LogP contribution in [-0.4, -0.2) is 19.2 Å². The fourth-order valence-electron chi connectivity index (χ4n) is 1.14. The monoisotopic (exact) mass is 329 g/mol. The first-order valence-corrected chi connectivity index (χ1v) is 5.69. The van der Waals surface area contributed by atoms with Crippen molar-refractivity contribution < 1.29 is 64.6 Å². The Balaban J connectivity index is 0. The van der Waals surface area contributed by atoms with Gasteiger partial charge in [-0.05, 0) is 0 Å². The maximum absolute atomic E-state index is 9.44. The van der Waals surface area contributed by atoms with Gasteiger partial charge in [-0.1, -0.05) is 0 Å². The second-order valence-electron chi connectivity index (χ2n) is 2.78. The molecule has 0 bridgehead atoms. The maximum atomic E-state index is 9.44. The molecule has 0 amide bonds. The van der Waals surface area contributed by atoms with Crippen LogP contribution < -0.4 is 10.2 Å². The van der Waals surface area contributed by atoms with E-state index in [4.69, 9.17) is 19.8 Å². The van der Waals surface area contributed by atoms with E-state index >= 15 is 0 Å². The summed E-state index contributed by atoms with van der Waals surface area (Å²) in [6.45, 7) is -1.00. The van der Waals surface area contributed by atoms with Gasteiger partial charge in [0.2, 0.25) is 0 Å². The Kier molecular flexibility index (Phi) is 13.5. The Morgan fingerprint density at radius 2 is 1.36 bits per heavy atom. The summed E-state index contributed by atoms with van der Waals surface area (Å²) in [5, 5.41) is 25.9. The van der Waals surface area contributed by atoms with E-state index in [0.717, 1.165) is 52.5 Å². The van der Waals surface area contributed by atoms with E-state index in [1.165, 1.54) is 19.3 Å². The van der Waals surface area contributed by atoms with Gasteiger partial charge in [-0.15, -0.1) is 0 Å². The molecule has 0 aromatic rings. The van der Waals surface area contributed by atoms with Crippen LogP contribution in [0.2, 0.25) is 0 Å². The fraction of sp³-hybridized carbons (Fsp3) is 0.750. The zero-order valence-electron chi connectivity index (χ0n) is 7.77. The third-order valence-electron chi connectivity index (χ3n) is 1.68. The molecule has 0 unspecified atom stereocenters. The molecule has 0 atom stereocenters. The predicted molar refractivity (Wildman–Crippen MR) is 40.2 cm³/mol. The number of hydrogen-bond acceptors (Lipinski definition) is 5. The van der Waals surface area contributed by atoms with Crippen LogP contribution in [0.4, 0.5) is 0 Å². The third kappa shape index (κ3) is 14.8. The van der Waals surface area contributed by atoms with E-state index in [2.05, 4.69) is 0 Å². The van der Waals surface area contributed by atoms with Gasteiger partial charge in [-0.2, -0.15) is 0 Å². The molecule has 1 aliphatic rings. The van der Waals surface area contributed by atoms with Gasteiger partial charge >= 0.3 is 78.0 Å². The molecular formula is C8H13CeO5. The molecule has 0 radical (unpaired) electrons. The molecule has 5 nitrogen and oxygen atoms in total. The molecule has 0 aromatic carbocycles. The first kappa shape index (κ1) is 16.7. The Hall–Kier alpha value is 0.277. The van der Waals surface area contributed by atoms with Gasteiger partial charge in [0.05, 0.1) is 0 Å². The van der Waals surface area contributed by atoms with Gasteiger partial charge < -0.3 is 19.8 Å². The normalized spacial score (nSPS) is 17.6. The van der Waals surface area contributed by atoms with E-state index < -0.39 is 12.9 Å². The van der Waals surface area contributed by atoms with Crippen molar-refractivity contribution in [2.24, 2.45) is 0 Å². The molecular weight excluding hydrogens is 316 g/mol. The molecule has 1 fully saturated rings. The average Bonchev–Trinajstić information content (AvgIpc) is 2.06. The molecule has 0 spiro atoms. The van der Waals surface area contributed by atoms with Crippen LogP contribution in [-0.2, 0) is 9.59 Å². The molecule has 1 N–H and O–H groups in total. The second kappa shape index (κ2) is 11.4. The Morgan fingerprint density at radius 1 is 1.07 bits per heavy atom. The number of hydrogen-bond donors (Lipinski definition) is 1. The summed E-state index contributed by atoms with van der Waals surface area (Å²) < 4.78 is -0.182. The van der Waals surface area contributed by atoms with Gasteiger partial charge in [0.15, 0.2) is 0 Å². The Morgan fingerprint density at radius 3 is 1.50 bits per heavy atom. The number of carbonyl (C=O) groups is 2. The standard InChI is InChI=1S/C6H11O.2CH2O2.Ce/c7-6-4-2-1-3-5-6;2*2-1-3;/h7H,1-5H2;2*1H,(H,2,3);/q;;;+2/p-2. The summed E-state index contributed by atoms with van der Waals surface area (Å²) >= 11 is 0.965. The van der Waals surface area contributed by atoms with Crippen LogP contribution in [0.3, 0.4) is 0 Å². The van der Waals surface area contributed by atoms with Crippen LogP contribution in [0.25, 0.3) is 0 Å². The summed E-state index contributed by atoms with van der Waals surface area (Å²) in [4.78, 5) is 16.5. The van der Waals surface area contributed by atoms with E-state index in [9.17, 15) is 5.11 Å². The Bertz CT molecular complexity index is 135. The first-order chi connectivity index (χ1) is 6.54. The molecule has 14 heavy (non-hydrogen) atoms. The van der Waals surface area contributed by atoms with Crippen molar-refractivity contribution in [3.63, 3.8) is 0 Å². The van der Waals surface area contributed by atoms with Crippen LogP contribution >= 0.6 is 0 Å². The molecule has 79 valence electrons. The molecule has 0 aliphatic heterocycles. The number of aliphatic hydroxyl groups is 1.